The maximum atomic E-state index is 11.3. The molecule has 2 rings (SSSR count). The number of hydrogen-bond acceptors (Lipinski definition) is 4. The minimum Gasteiger partial charge on any atom is -0.492 e. The standard InChI is InChI=1S/C10H14N2O4/c1-4(2)3-5(8(11)13)12-9(14)6-7(16-6)10(12)15/h4-5,14-15H,3H2,1-2H3,(H2,11,13)/t5-/m0/s1. The summed E-state index contributed by atoms with van der Waals surface area (Å²) in [5.41, 5.74) is 5.26. The maximum absolute atomic E-state index is 11.3. The van der Waals surface area contributed by atoms with E-state index < -0.39 is 11.9 Å². The lowest BCUT2D eigenvalue weighted by atomic mass is 10.0. The molecule has 0 bridgehead atoms. The van der Waals surface area contributed by atoms with Crippen LogP contribution >= 0.6 is 0 Å². The molecule has 1 aliphatic heterocycles. The minimum atomic E-state index is -0.753. The Morgan fingerprint density at radius 2 is 1.88 bits per heavy atom. The van der Waals surface area contributed by atoms with Crippen LogP contribution in [0.25, 0.3) is 0 Å². The average Bonchev–Trinajstić information content (AvgIpc) is 2.90. The number of carbonyl (C=O) groups is 1. The van der Waals surface area contributed by atoms with Crippen molar-refractivity contribution in [3.63, 3.8) is 0 Å². The Hall–Kier alpha value is -1.85. The van der Waals surface area contributed by atoms with Crippen molar-refractivity contribution in [1.29, 1.82) is 0 Å². The molecule has 6 heteroatoms. The molecule has 0 unspecified atom stereocenters. The molecule has 0 spiro atoms. The summed E-state index contributed by atoms with van der Waals surface area (Å²) in [5, 5.41) is 19.3. The Morgan fingerprint density at radius 1 is 1.38 bits per heavy atom. The number of ether oxygens (including phenoxy) is 1. The SMILES string of the molecule is CC(C)C[C@@H](C(N)=O)n1c(O)c2c(c1O)O2. The van der Waals surface area contributed by atoms with Crippen molar-refractivity contribution < 1.29 is 19.7 Å². The smallest absolute Gasteiger partial charge is 0.243 e. The lowest BCUT2D eigenvalue weighted by molar-refractivity contribution is -0.121. The van der Waals surface area contributed by atoms with Crippen LogP contribution in [0.1, 0.15) is 26.3 Å². The lowest BCUT2D eigenvalue weighted by Gasteiger charge is -2.19. The number of nitrogens with two attached hydrogens (primary N) is 1. The van der Waals surface area contributed by atoms with Gasteiger partial charge in [-0.3, -0.25) is 9.36 Å². The molecule has 88 valence electrons. The van der Waals surface area contributed by atoms with Gasteiger partial charge in [0.25, 0.3) is 0 Å². The van der Waals surface area contributed by atoms with Crippen molar-refractivity contribution in [1.82, 2.24) is 4.57 Å². The van der Waals surface area contributed by atoms with Gasteiger partial charge in [-0.25, -0.2) is 0 Å². The van der Waals surface area contributed by atoms with E-state index in [1.54, 1.807) is 0 Å². The number of aromatic nitrogens is 1. The Bertz CT molecular complexity index is 425. The molecule has 1 aromatic rings. The molecule has 0 aliphatic carbocycles. The quantitative estimate of drug-likeness (QED) is 0.679. The van der Waals surface area contributed by atoms with E-state index >= 15 is 0 Å². The molecular formula is C10H14N2O4. The van der Waals surface area contributed by atoms with E-state index in [9.17, 15) is 15.0 Å². The third-order valence-corrected chi connectivity index (χ3v) is 2.57. The van der Waals surface area contributed by atoms with Crippen molar-refractivity contribution >= 4 is 5.91 Å². The van der Waals surface area contributed by atoms with Gasteiger partial charge < -0.3 is 20.7 Å². The molecule has 1 aliphatic rings. The van der Waals surface area contributed by atoms with Crippen LogP contribution in [-0.2, 0) is 4.79 Å². The summed E-state index contributed by atoms with van der Waals surface area (Å²) in [6.45, 7) is 3.86. The first kappa shape index (κ1) is 10.7. The number of primary amides is 1. The Morgan fingerprint density at radius 3 is 2.25 bits per heavy atom. The third-order valence-electron chi connectivity index (χ3n) is 2.57. The minimum absolute atomic E-state index is 0.214. The van der Waals surface area contributed by atoms with Crippen molar-refractivity contribution in [3.05, 3.63) is 0 Å². The highest BCUT2D eigenvalue weighted by Gasteiger charge is 2.40. The van der Waals surface area contributed by atoms with E-state index in [0.29, 0.717) is 6.42 Å². The fraction of sp³-hybridized carbons (Fsp3) is 0.500. The van der Waals surface area contributed by atoms with Gasteiger partial charge in [-0.2, -0.15) is 0 Å². The van der Waals surface area contributed by atoms with E-state index in [2.05, 4.69) is 0 Å². The van der Waals surface area contributed by atoms with Crippen LogP contribution in [-0.4, -0.2) is 20.7 Å². The first-order valence-electron chi connectivity index (χ1n) is 5.06. The average molecular weight is 226 g/mol. The molecule has 2 heterocycles. The summed E-state index contributed by atoms with van der Waals surface area (Å²) in [5.74, 6) is -0.394. The van der Waals surface area contributed by atoms with Crippen LogP contribution in [0, 0.1) is 5.92 Å². The molecule has 1 amide bonds. The predicted octanol–water partition coefficient (Wildman–Crippen LogP) is 1.08. The fourth-order valence-corrected chi connectivity index (χ4v) is 1.78. The molecule has 4 N–H and O–H groups in total. The van der Waals surface area contributed by atoms with Crippen LogP contribution in [0.2, 0.25) is 0 Å². The molecule has 0 aromatic carbocycles. The second-order valence-corrected chi connectivity index (χ2v) is 4.33. The monoisotopic (exact) mass is 226 g/mol. The van der Waals surface area contributed by atoms with Gasteiger partial charge >= 0.3 is 0 Å². The molecule has 0 saturated carbocycles. The summed E-state index contributed by atoms with van der Waals surface area (Å²) >= 11 is 0. The van der Waals surface area contributed by atoms with E-state index in [1.807, 2.05) is 13.8 Å². The van der Waals surface area contributed by atoms with Crippen LogP contribution in [0.5, 0.6) is 23.3 Å². The van der Waals surface area contributed by atoms with Gasteiger partial charge in [0.1, 0.15) is 6.04 Å². The Balaban J connectivity index is 2.36. The molecule has 1 aromatic heterocycles. The highest BCUT2D eigenvalue weighted by Crippen LogP contribution is 2.61. The number of rotatable bonds is 4. The van der Waals surface area contributed by atoms with Crippen LogP contribution in [0.4, 0.5) is 0 Å². The highest BCUT2D eigenvalue weighted by atomic mass is 16.6. The van der Waals surface area contributed by atoms with Gasteiger partial charge in [0.2, 0.25) is 29.2 Å². The normalized spacial score (nSPS) is 14.4. The zero-order chi connectivity index (χ0) is 12.0. The van der Waals surface area contributed by atoms with E-state index in [1.165, 1.54) is 0 Å². The van der Waals surface area contributed by atoms with E-state index in [0.717, 1.165) is 4.57 Å². The lowest BCUT2D eigenvalue weighted by Crippen LogP contribution is -2.27. The summed E-state index contributed by atoms with van der Waals surface area (Å²) in [6.07, 6.45) is 0.448. The zero-order valence-corrected chi connectivity index (χ0v) is 9.10. The number of aromatic hydroxyl groups is 2. The number of hydrogen-bond donors (Lipinski definition) is 3. The topological polar surface area (TPSA) is 101 Å². The fourth-order valence-electron chi connectivity index (χ4n) is 1.78. The maximum Gasteiger partial charge on any atom is 0.243 e. The summed E-state index contributed by atoms with van der Waals surface area (Å²) in [4.78, 5) is 11.3. The number of carbonyl (C=O) groups excluding carboxylic acids is 1. The summed E-state index contributed by atoms with van der Waals surface area (Å²) < 4.78 is 5.93. The molecule has 1 atom stereocenters. The highest BCUT2D eigenvalue weighted by molar-refractivity contribution is 5.81. The predicted molar refractivity (Wildman–Crippen MR) is 55.5 cm³/mol. The number of amides is 1. The van der Waals surface area contributed by atoms with Gasteiger partial charge in [-0.05, 0) is 12.3 Å². The second-order valence-electron chi connectivity index (χ2n) is 4.33. The summed E-state index contributed by atoms with van der Waals surface area (Å²) in [7, 11) is 0. The first-order valence-corrected chi connectivity index (χ1v) is 5.06. The molecule has 6 nitrogen and oxygen atoms in total. The van der Waals surface area contributed by atoms with Crippen molar-refractivity contribution in [2.24, 2.45) is 11.7 Å². The van der Waals surface area contributed by atoms with E-state index in [-0.39, 0.29) is 29.2 Å². The molecule has 0 radical (unpaired) electrons. The second kappa shape index (κ2) is 3.33. The van der Waals surface area contributed by atoms with Gasteiger partial charge in [0.05, 0.1) is 0 Å². The number of nitrogens with zero attached hydrogens (tertiary/aromatic N) is 1. The first-order chi connectivity index (χ1) is 7.43. The van der Waals surface area contributed by atoms with Gasteiger partial charge in [-0.15, -0.1) is 0 Å². The summed E-state index contributed by atoms with van der Waals surface area (Å²) in [6, 6.07) is -0.753. The van der Waals surface area contributed by atoms with Gasteiger partial charge in [0, 0.05) is 0 Å². The van der Waals surface area contributed by atoms with Crippen molar-refractivity contribution in [2.45, 2.75) is 26.3 Å². The third kappa shape index (κ3) is 1.46. The van der Waals surface area contributed by atoms with Gasteiger partial charge in [0.15, 0.2) is 0 Å². The zero-order valence-electron chi connectivity index (χ0n) is 9.10. The molecule has 16 heavy (non-hydrogen) atoms. The van der Waals surface area contributed by atoms with E-state index in [4.69, 9.17) is 10.5 Å². The van der Waals surface area contributed by atoms with Crippen molar-refractivity contribution in [3.8, 4) is 23.3 Å². The molecule has 0 fully saturated rings. The van der Waals surface area contributed by atoms with Gasteiger partial charge in [-0.1, -0.05) is 13.8 Å². The largest absolute Gasteiger partial charge is 0.492 e. The Labute approximate surface area is 92.2 Å². The Kier molecular flexibility index (Phi) is 2.22. The van der Waals surface area contributed by atoms with Crippen molar-refractivity contribution in [2.75, 3.05) is 0 Å². The molecular weight excluding hydrogens is 212 g/mol. The van der Waals surface area contributed by atoms with Crippen LogP contribution < -0.4 is 10.5 Å². The van der Waals surface area contributed by atoms with Crippen LogP contribution in [0.3, 0.4) is 0 Å². The van der Waals surface area contributed by atoms with Crippen LogP contribution in [0.15, 0.2) is 0 Å². The number of fused-ring (bicyclic) bond motifs is 1. The molecule has 0 saturated heterocycles.